The van der Waals surface area contributed by atoms with Crippen LogP contribution in [-0.4, -0.2) is 20.8 Å². The summed E-state index contributed by atoms with van der Waals surface area (Å²) in [6.45, 7) is -0.124. The molecule has 0 N–H and O–H groups in total. The van der Waals surface area contributed by atoms with Crippen LogP contribution in [0.3, 0.4) is 0 Å². The van der Waals surface area contributed by atoms with E-state index >= 15 is 0 Å². The van der Waals surface area contributed by atoms with E-state index in [4.69, 9.17) is 9.15 Å². The fourth-order valence-electron chi connectivity index (χ4n) is 4.36. The van der Waals surface area contributed by atoms with Gasteiger partial charge in [-0.05, 0) is 60.2 Å². The minimum Gasteiger partial charge on any atom is -0.481 e. The van der Waals surface area contributed by atoms with Crippen molar-refractivity contribution in [2.45, 2.75) is 6.61 Å². The molecule has 4 aromatic carbocycles. The highest BCUT2D eigenvalue weighted by atomic mass is 79.9. The van der Waals surface area contributed by atoms with E-state index in [9.17, 15) is 19.3 Å². The molecular weight excluding hydrogens is 595 g/mol. The van der Waals surface area contributed by atoms with Gasteiger partial charge in [0.25, 0.3) is 5.56 Å². The third-order valence-corrected chi connectivity index (χ3v) is 6.75. The van der Waals surface area contributed by atoms with Gasteiger partial charge in [-0.2, -0.15) is 9.78 Å². The highest BCUT2D eigenvalue weighted by Gasteiger charge is 2.20. The Morgan fingerprint density at radius 1 is 1.05 bits per heavy atom. The molecule has 2 aromatic heterocycles. The number of halogens is 2. The molecule has 202 valence electrons. The standard InChI is InChI=1S/C30H18BrFN4O5/c31-21-11-12-26-20(14-21)15-27(41-26)29-34-24-9-2-1-8-23(24)30(37)35(29)33-16-19-6-4-10-25(36(38)39)28(19)40-17-18-5-3-7-22(32)13-18/h1-16H,17H2. The first-order valence-electron chi connectivity index (χ1n) is 12.3. The molecule has 0 bridgehead atoms. The third kappa shape index (κ3) is 5.22. The van der Waals surface area contributed by atoms with Gasteiger partial charge in [0.05, 0.1) is 22.0 Å². The lowest BCUT2D eigenvalue weighted by Gasteiger charge is -2.10. The zero-order chi connectivity index (χ0) is 28.5. The summed E-state index contributed by atoms with van der Waals surface area (Å²) in [6.07, 6.45) is 1.29. The second-order valence-electron chi connectivity index (χ2n) is 8.98. The average molecular weight is 613 g/mol. The zero-order valence-electron chi connectivity index (χ0n) is 21.0. The topological polar surface area (TPSA) is 113 Å². The Kier molecular flexibility index (Phi) is 6.86. The van der Waals surface area contributed by atoms with Gasteiger partial charge in [-0.1, -0.05) is 46.3 Å². The Morgan fingerprint density at radius 2 is 1.88 bits per heavy atom. The van der Waals surface area contributed by atoms with E-state index in [1.165, 1.54) is 36.5 Å². The van der Waals surface area contributed by atoms with Crippen LogP contribution in [0.5, 0.6) is 5.75 Å². The number of para-hydroxylation sites is 2. The first kappa shape index (κ1) is 26.1. The summed E-state index contributed by atoms with van der Waals surface area (Å²) >= 11 is 3.45. The summed E-state index contributed by atoms with van der Waals surface area (Å²) in [5.41, 5.74) is 0.992. The van der Waals surface area contributed by atoms with Crippen molar-refractivity contribution in [3.05, 3.63) is 133 Å². The minimum absolute atomic E-state index is 0.0811. The molecule has 0 spiro atoms. The molecule has 0 saturated carbocycles. The van der Waals surface area contributed by atoms with Gasteiger partial charge in [-0.15, -0.1) is 0 Å². The Hall–Kier alpha value is -5.16. The first-order valence-corrected chi connectivity index (χ1v) is 13.1. The molecule has 0 aliphatic rings. The van der Waals surface area contributed by atoms with Gasteiger partial charge < -0.3 is 9.15 Å². The zero-order valence-corrected chi connectivity index (χ0v) is 22.6. The van der Waals surface area contributed by atoms with Crippen LogP contribution in [-0.2, 0) is 6.61 Å². The van der Waals surface area contributed by atoms with Gasteiger partial charge in [-0.3, -0.25) is 14.9 Å². The van der Waals surface area contributed by atoms with Crippen molar-refractivity contribution >= 4 is 49.7 Å². The Labute approximate surface area is 239 Å². The number of furan rings is 1. The third-order valence-electron chi connectivity index (χ3n) is 6.26. The number of nitro benzene ring substituents is 1. The van der Waals surface area contributed by atoms with Gasteiger partial charge in [0.1, 0.15) is 18.0 Å². The molecule has 0 saturated heterocycles. The Morgan fingerprint density at radius 3 is 2.71 bits per heavy atom. The maximum atomic E-state index is 13.7. The summed E-state index contributed by atoms with van der Waals surface area (Å²) in [5.74, 6) is -0.0868. The highest BCUT2D eigenvalue weighted by Crippen LogP contribution is 2.32. The number of aromatic nitrogens is 2. The van der Waals surface area contributed by atoms with Crippen molar-refractivity contribution in [1.82, 2.24) is 9.66 Å². The van der Waals surface area contributed by atoms with Crippen LogP contribution < -0.4 is 10.3 Å². The van der Waals surface area contributed by atoms with Gasteiger partial charge >= 0.3 is 5.69 Å². The number of benzene rings is 4. The number of fused-ring (bicyclic) bond motifs is 2. The molecule has 0 amide bonds. The quantitative estimate of drug-likeness (QED) is 0.108. The van der Waals surface area contributed by atoms with Crippen LogP contribution in [0.25, 0.3) is 33.5 Å². The van der Waals surface area contributed by atoms with Gasteiger partial charge in [0, 0.05) is 21.5 Å². The molecule has 9 nitrogen and oxygen atoms in total. The minimum atomic E-state index is -0.583. The second kappa shape index (κ2) is 10.8. The van der Waals surface area contributed by atoms with E-state index in [1.807, 2.05) is 12.1 Å². The van der Waals surface area contributed by atoms with Gasteiger partial charge in [0.2, 0.25) is 11.6 Å². The summed E-state index contributed by atoms with van der Waals surface area (Å²) in [7, 11) is 0. The lowest BCUT2D eigenvalue weighted by atomic mass is 10.2. The SMILES string of the molecule is O=c1c2ccccc2nc(-c2cc3cc(Br)ccc3o2)n1N=Cc1cccc([N+](=O)[O-])c1OCc1cccc(F)c1. The molecule has 0 aliphatic heterocycles. The van der Waals surface area contributed by atoms with Crippen LogP contribution in [0.15, 0.2) is 110 Å². The van der Waals surface area contributed by atoms with Crippen molar-refractivity contribution in [3.8, 4) is 17.3 Å². The lowest BCUT2D eigenvalue weighted by Crippen LogP contribution is -2.20. The number of rotatable bonds is 7. The number of hydrogen-bond donors (Lipinski definition) is 0. The van der Waals surface area contributed by atoms with Crippen LogP contribution in [0, 0.1) is 15.9 Å². The van der Waals surface area contributed by atoms with Crippen LogP contribution in [0.4, 0.5) is 10.1 Å². The molecule has 41 heavy (non-hydrogen) atoms. The molecule has 6 rings (SSSR count). The lowest BCUT2D eigenvalue weighted by molar-refractivity contribution is -0.385. The second-order valence-corrected chi connectivity index (χ2v) is 9.89. The molecular formula is C30H18BrFN4O5. The van der Waals surface area contributed by atoms with E-state index in [1.54, 1.807) is 48.5 Å². The van der Waals surface area contributed by atoms with Crippen LogP contribution >= 0.6 is 15.9 Å². The normalized spacial score (nSPS) is 11.5. The molecule has 2 heterocycles. The van der Waals surface area contributed by atoms with E-state index in [0.717, 1.165) is 14.5 Å². The summed E-state index contributed by atoms with van der Waals surface area (Å²) in [4.78, 5) is 29.5. The highest BCUT2D eigenvalue weighted by molar-refractivity contribution is 9.10. The van der Waals surface area contributed by atoms with Crippen molar-refractivity contribution < 1.29 is 18.5 Å². The summed E-state index contributed by atoms with van der Waals surface area (Å²) in [5, 5.41) is 17.3. The summed E-state index contributed by atoms with van der Waals surface area (Å²) in [6, 6.07) is 24.2. The molecule has 0 fully saturated rings. The molecule has 0 atom stereocenters. The van der Waals surface area contributed by atoms with Crippen LogP contribution in [0.2, 0.25) is 0 Å². The fourth-order valence-corrected chi connectivity index (χ4v) is 4.74. The van der Waals surface area contributed by atoms with Crippen molar-refractivity contribution in [3.63, 3.8) is 0 Å². The van der Waals surface area contributed by atoms with E-state index in [-0.39, 0.29) is 29.4 Å². The van der Waals surface area contributed by atoms with Crippen LogP contribution in [0.1, 0.15) is 11.1 Å². The molecule has 0 radical (unpaired) electrons. The Balaban J connectivity index is 1.47. The van der Waals surface area contributed by atoms with E-state index < -0.39 is 16.3 Å². The number of nitro groups is 1. The van der Waals surface area contributed by atoms with E-state index in [2.05, 4.69) is 26.0 Å². The maximum Gasteiger partial charge on any atom is 0.311 e. The van der Waals surface area contributed by atoms with Crippen molar-refractivity contribution in [2.75, 3.05) is 0 Å². The molecule has 0 aliphatic carbocycles. The molecule has 6 aromatic rings. The predicted molar refractivity (Wildman–Crippen MR) is 156 cm³/mol. The smallest absolute Gasteiger partial charge is 0.311 e. The largest absolute Gasteiger partial charge is 0.481 e. The fraction of sp³-hybridized carbons (Fsp3) is 0.0333. The molecule has 0 unspecified atom stereocenters. The van der Waals surface area contributed by atoms with Gasteiger partial charge in [-0.25, -0.2) is 9.37 Å². The van der Waals surface area contributed by atoms with Crippen molar-refractivity contribution in [2.24, 2.45) is 5.10 Å². The number of hydrogen-bond acceptors (Lipinski definition) is 7. The maximum absolute atomic E-state index is 13.7. The average Bonchev–Trinajstić information content (AvgIpc) is 3.38. The Bertz CT molecular complexity index is 2050. The number of nitrogens with zero attached hydrogens (tertiary/aromatic N) is 4. The predicted octanol–water partition coefficient (Wildman–Crippen LogP) is 7.08. The summed E-state index contributed by atoms with van der Waals surface area (Å²) < 4.78 is 27.4. The first-order chi connectivity index (χ1) is 19.9. The number of ether oxygens (including phenoxy) is 1. The van der Waals surface area contributed by atoms with Crippen molar-refractivity contribution in [1.29, 1.82) is 0 Å². The monoisotopic (exact) mass is 612 g/mol. The van der Waals surface area contributed by atoms with Gasteiger partial charge in [0.15, 0.2) is 5.76 Å². The molecule has 11 heteroatoms. The van der Waals surface area contributed by atoms with E-state index in [0.29, 0.717) is 27.8 Å².